The maximum atomic E-state index is 12.5. The molecular weight excluding hydrogens is 271 g/mol. The van der Waals surface area contributed by atoms with E-state index in [2.05, 4.69) is 25.5 Å². The van der Waals surface area contributed by atoms with Crippen molar-refractivity contribution in [3.8, 4) is 0 Å². The first-order valence-corrected chi connectivity index (χ1v) is 6.02. The van der Waals surface area contributed by atoms with Crippen molar-refractivity contribution in [1.82, 2.24) is 20.2 Å². The molecule has 2 aromatic rings. The minimum absolute atomic E-state index is 0.158. The zero-order chi connectivity index (χ0) is 14.8. The Bertz CT molecular complexity index is 572. The van der Waals surface area contributed by atoms with Gasteiger partial charge in [0.15, 0.2) is 0 Å². The van der Waals surface area contributed by atoms with Gasteiger partial charge in [0, 0.05) is 18.4 Å². The minimum atomic E-state index is -4.53. The van der Waals surface area contributed by atoms with Crippen LogP contribution in [-0.2, 0) is 12.6 Å². The summed E-state index contributed by atoms with van der Waals surface area (Å²) in [6.07, 6.45) is -2.79. The van der Waals surface area contributed by atoms with Gasteiger partial charge in [-0.3, -0.25) is 5.10 Å². The molecule has 108 valence electrons. The first-order valence-electron chi connectivity index (χ1n) is 6.02. The number of aryl methyl sites for hydroxylation is 2. The van der Waals surface area contributed by atoms with E-state index in [4.69, 9.17) is 0 Å². The second-order valence-electron chi connectivity index (χ2n) is 4.35. The molecule has 5 nitrogen and oxygen atoms in total. The molecule has 2 heterocycles. The van der Waals surface area contributed by atoms with Crippen LogP contribution in [0, 0.1) is 13.8 Å². The Kier molecular flexibility index (Phi) is 3.91. The Morgan fingerprint density at radius 3 is 2.65 bits per heavy atom. The summed E-state index contributed by atoms with van der Waals surface area (Å²) in [6, 6.07) is 1.41. The van der Waals surface area contributed by atoms with Crippen molar-refractivity contribution < 1.29 is 13.2 Å². The highest BCUT2D eigenvalue weighted by molar-refractivity contribution is 5.34. The molecule has 0 radical (unpaired) electrons. The molecule has 0 amide bonds. The lowest BCUT2D eigenvalue weighted by atomic mass is 10.1. The molecule has 0 bridgehead atoms. The van der Waals surface area contributed by atoms with Crippen molar-refractivity contribution >= 4 is 5.82 Å². The number of halogens is 3. The van der Waals surface area contributed by atoms with Gasteiger partial charge in [0.25, 0.3) is 0 Å². The molecule has 0 aliphatic rings. The minimum Gasteiger partial charge on any atom is -0.370 e. The Labute approximate surface area is 113 Å². The van der Waals surface area contributed by atoms with Crippen LogP contribution in [0.1, 0.15) is 22.8 Å². The highest BCUT2D eigenvalue weighted by atomic mass is 19.4. The van der Waals surface area contributed by atoms with Crippen LogP contribution in [0.15, 0.2) is 12.3 Å². The van der Waals surface area contributed by atoms with Crippen molar-refractivity contribution in [3.05, 3.63) is 35.0 Å². The van der Waals surface area contributed by atoms with Gasteiger partial charge >= 0.3 is 6.18 Å². The predicted octanol–water partition coefficient (Wildman–Crippen LogP) is 2.49. The monoisotopic (exact) mass is 285 g/mol. The van der Waals surface area contributed by atoms with E-state index in [1.165, 1.54) is 6.07 Å². The highest BCUT2D eigenvalue weighted by Crippen LogP contribution is 2.26. The molecule has 2 N–H and O–H groups in total. The van der Waals surface area contributed by atoms with E-state index in [1.54, 1.807) is 0 Å². The fraction of sp³-hybridized carbons (Fsp3) is 0.417. The number of rotatable bonds is 4. The summed E-state index contributed by atoms with van der Waals surface area (Å²) in [5.41, 5.74) is 2.91. The van der Waals surface area contributed by atoms with Crippen LogP contribution in [0.5, 0.6) is 0 Å². The van der Waals surface area contributed by atoms with Crippen LogP contribution in [-0.4, -0.2) is 26.7 Å². The molecule has 0 spiro atoms. The number of hydrogen-bond donors (Lipinski definition) is 2. The molecule has 0 aromatic carbocycles. The smallest absolute Gasteiger partial charge is 0.370 e. The van der Waals surface area contributed by atoms with Crippen LogP contribution in [0.2, 0.25) is 0 Å². The van der Waals surface area contributed by atoms with Gasteiger partial charge in [-0.2, -0.15) is 18.3 Å². The van der Waals surface area contributed by atoms with Gasteiger partial charge in [-0.1, -0.05) is 0 Å². The Morgan fingerprint density at radius 1 is 1.30 bits per heavy atom. The van der Waals surface area contributed by atoms with E-state index < -0.39 is 12.0 Å². The number of aromatic nitrogens is 4. The van der Waals surface area contributed by atoms with E-state index in [0.29, 0.717) is 13.0 Å². The first-order chi connectivity index (χ1) is 9.38. The third-order valence-electron chi connectivity index (χ3n) is 2.87. The number of aromatic amines is 1. The summed E-state index contributed by atoms with van der Waals surface area (Å²) in [7, 11) is 0. The molecule has 2 rings (SSSR count). The van der Waals surface area contributed by atoms with Crippen LogP contribution in [0.3, 0.4) is 0 Å². The number of nitrogens with zero attached hydrogens (tertiary/aromatic N) is 3. The molecule has 0 saturated carbocycles. The SMILES string of the molecule is Cc1n[nH]c(C)c1CCNc1ccnc(C(F)(F)F)n1. The lowest BCUT2D eigenvalue weighted by molar-refractivity contribution is -0.144. The largest absolute Gasteiger partial charge is 0.451 e. The van der Waals surface area contributed by atoms with Gasteiger partial charge in [0.1, 0.15) is 5.82 Å². The zero-order valence-electron chi connectivity index (χ0n) is 11.0. The molecular formula is C12H14F3N5. The zero-order valence-corrected chi connectivity index (χ0v) is 11.0. The molecule has 0 aliphatic carbocycles. The third kappa shape index (κ3) is 3.25. The highest BCUT2D eigenvalue weighted by Gasteiger charge is 2.34. The second-order valence-corrected chi connectivity index (χ2v) is 4.35. The number of anilines is 1. The van der Waals surface area contributed by atoms with E-state index in [1.807, 2.05) is 13.8 Å². The van der Waals surface area contributed by atoms with Gasteiger partial charge in [-0.05, 0) is 31.9 Å². The van der Waals surface area contributed by atoms with Gasteiger partial charge < -0.3 is 5.32 Å². The molecule has 0 fully saturated rings. The van der Waals surface area contributed by atoms with E-state index in [-0.39, 0.29) is 5.82 Å². The van der Waals surface area contributed by atoms with Gasteiger partial charge in [-0.25, -0.2) is 9.97 Å². The molecule has 0 atom stereocenters. The van der Waals surface area contributed by atoms with E-state index >= 15 is 0 Å². The van der Waals surface area contributed by atoms with Crippen LogP contribution < -0.4 is 5.32 Å². The number of alkyl halides is 3. The normalized spacial score (nSPS) is 11.7. The van der Waals surface area contributed by atoms with Crippen LogP contribution in [0.4, 0.5) is 19.0 Å². The molecule has 8 heteroatoms. The average molecular weight is 285 g/mol. The van der Waals surface area contributed by atoms with E-state index in [9.17, 15) is 13.2 Å². The van der Waals surface area contributed by atoms with Crippen molar-refractivity contribution in [2.24, 2.45) is 0 Å². The maximum Gasteiger partial charge on any atom is 0.451 e. The van der Waals surface area contributed by atoms with Crippen LogP contribution in [0.25, 0.3) is 0 Å². The number of hydrogen-bond acceptors (Lipinski definition) is 4. The summed E-state index contributed by atoms with van der Waals surface area (Å²) >= 11 is 0. The molecule has 0 saturated heterocycles. The quantitative estimate of drug-likeness (QED) is 0.905. The van der Waals surface area contributed by atoms with Gasteiger partial charge in [0.05, 0.1) is 5.69 Å². The molecule has 0 unspecified atom stereocenters. The lowest BCUT2D eigenvalue weighted by Gasteiger charge is -2.08. The summed E-state index contributed by atoms with van der Waals surface area (Å²) < 4.78 is 37.4. The molecule has 20 heavy (non-hydrogen) atoms. The van der Waals surface area contributed by atoms with Crippen molar-refractivity contribution in [2.45, 2.75) is 26.4 Å². The van der Waals surface area contributed by atoms with Crippen molar-refractivity contribution in [3.63, 3.8) is 0 Å². The topological polar surface area (TPSA) is 66.5 Å². The summed E-state index contributed by atoms with van der Waals surface area (Å²) in [4.78, 5) is 6.64. The summed E-state index contributed by atoms with van der Waals surface area (Å²) in [5.74, 6) is -0.982. The molecule has 2 aromatic heterocycles. The first kappa shape index (κ1) is 14.3. The lowest BCUT2D eigenvalue weighted by Crippen LogP contribution is -2.14. The maximum absolute atomic E-state index is 12.5. The predicted molar refractivity (Wildman–Crippen MR) is 67.3 cm³/mol. The fourth-order valence-electron chi connectivity index (χ4n) is 1.85. The fourth-order valence-corrected chi connectivity index (χ4v) is 1.85. The van der Waals surface area contributed by atoms with Crippen molar-refractivity contribution in [2.75, 3.05) is 11.9 Å². The van der Waals surface area contributed by atoms with Crippen LogP contribution >= 0.6 is 0 Å². The molecule has 0 aliphatic heterocycles. The van der Waals surface area contributed by atoms with Crippen molar-refractivity contribution in [1.29, 1.82) is 0 Å². The van der Waals surface area contributed by atoms with E-state index in [0.717, 1.165) is 23.1 Å². The summed E-state index contributed by atoms with van der Waals surface area (Å²) in [6.45, 7) is 4.25. The third-order valence-corrected chi connectivity index (χ3v) is 2.87. The second kappa shape index (κ2) is 5.48. The Hall–Kier alpha value is -2.12. The average Bonchev–Trinajstić information content (AvgIpc) is 2.70. The summed E-state index contributed by atoms with van der Waals surface area (Å²) in [5, 5.41) is 9.78. The Balaban J connectivity index is 1.98. The van der Waals surface area contributed by atoms with Gasteiger partial charge in [0.2, 0.25) is 5.82 Å². The number of nitrogens with one attached hydrogen (secondary N) is 2. The standard InChI is InChI=1S/C12H14F3N5/c1-7-9(8(2)20-19-7)3-5-16-10-4-6-17-11(18-10)12(13,14)15/h4,6H,3,5H2,1-2H3,(H,19,20)(H,16,17,18). The number of H-pyrrole nitrogens is 1. The van der Waals surface area contributed by atoms with Gasteiger partial charge in [-0.15, -0.1) is 0 Å². The Morgan fingerprint density at radius 2 is 2.05 bits per heavy atom.